The molecule has 5 rings (SSSR count). The van der Waals surface area contributed by atoms with Crippen molar-refractivity contribution >= 4 is 22.8 Å². The molecule has 1 saturated heterocycles. The Hall–Kier alpha value is -3.46. The van der Waals surface area contributed by atoms with E-state index < -0.39 is 0 Å². The molecule has 0 spiro atoms. The Morgan fingerprint density at radius 1 is 0.947 bits per heavy atom. The first kappa shape index (κ1) is 26.2. The Balaban J connectivity index is 1.29. The number of amides is 2. The van der Waals surface area contributed by atoms with Gasteiger partial charge in [-0.1, -0.05) is 55.2 Å². The summed E-state index contributed by atoms with van der Waals surface area (Å²) >= 11 is 0. The van der Waals surface area contributed by atoms with Crippen molar-refractivity contribution in [2.24, 2.45) is 0 Å². The molecule has 0 saturated carbocycles. The summed E-state index contributed by atoms with van der Waals surface area (Å²) < 4.78 is 14.5. The molecule has 3 heterocycles. The predicted molar refractivity (Wildman–Crippen MR) is 144 cm³/mol. The van der Waals surface area contributed by atoms with Gasteiger partial charge in [0.25, 0.3) is 5.91 Å². The minimum atomic E-state index is -0.349. The van der Waals surface area contributed by atoms with Gasteiger partial charge in [0.15, 0.2) is 0 Å². The lowest BCUT2D eigenvalue weighted by molar-refractivity contribution is -0.131. The van der Waals surface area contributed by atoms with Crippen molar-refractivity contribution in [3.63, 3.8) is 0 Å². The van der Waals surface area contributed by atoms with Gasteiger partial charge in [0.1, 0.15) is 23.5 Å². The first-order valence-corrected chi connectivity index (χ1v) is 13.8. The lowest BCUT2D eigenvalue weighted by Crippen LogP contribution is -2.34. The predicted octanol–water partition coefficient (Wildman–Crippen LogP) is 3.92. The number of likely N-dealkylation sites (tertiary alicyclic amines) is 1. The Labute approximate surface area is 223 Å². The van der Waals surface area contributed by atoms with Crippen LogP contribution in [0.15, 0.2) is 48.5 Å². The molecule has 0 bridgehead atoms. The molecular weight excluding hydrogens is 482 g/mol. The SMILES string of the molecule is CN1CCCCCCCCO[C@@H]2CN(C(=O)CCn3nnc4ccccc43)C[C@H]2Oc2ccccc2C1=O. The highest BCUT2D eigenvalue weighted by atomic mass is 16.5. The summed E-state index contributed by atoms with van der Waals surface area (Å²) in [5.41, 5.74) is 2.28. The molecule has 9 nitrogen and oxygen atoms in total. The topological polar surface area (TPSA) is 89.8 Å². The lowest BCUT2D eigenvalue weighted by Gasteiger charge is -2.24. The number of benzene rings is 2. The molecule has 202 valence electrons. The van der Waals surface area contributed by atoms with Crippen LogP contribution in [0.3, 0.4) is 0 Å². The normalized spacial score (nSPS) is 21.7. The van der Waals surface area contributed by atoms with Crippen molar-refractivity contribution in [3.05, 3.63) is 54.1 Å². The number of aromatic nitrogens is 3. The van der Waals surface area contributed by atoms with Crippen LogP contribution in [0.25, 0.3) is 11.0 Å². The smallest absolute Gasteiger partial charge is 0.257 e. The highest BCUT2D eigenvalue weighted by molar-refractivity contribution is 5.96. The minimum absolute atomic E-state index is 0.0271. The van der Waals surface area contributed by atoms with E-state index in [0.717, 1.165) is 56.1 Å². The average Bonchev–Trinajstić information content (AvgIpc) is 3.54. The largest absolute Gasteiger partial charge is 0.485 e. The Morgan fingerprint density at radius 2 is 1.68 bits per heavy atom. The van der Waals surface area contributed by atoms with Crippen molar-refractivity contribution in [2.75, 3.05) is 33.3 Å². The number of rotatable bonds is 3. The third kappa shape index (κ3) is 6.15. The van der Waals surface area contributed by atoms with Crippen molar-refractivity contribution in [1.29, 1.82) is 0 Å². The van der Waals surface area contributed by atoms with E-state index in [0.29, 0.717) is 44.0 Å². The molecule has 9 heteroatoms. The van der Waals surface area contributed by atoms with Gasteiger partial charge in [0.05, 0.1) is 30.7 Å². The van der Waals surface area contributed by atoms with E-state index in [1.165, 1.54) is 0 Å². The van der Waals surface area contributed by atoms with Gasteiger partial charge in [-0.2, -0.15) is 0 Å². The molecular formula is C29H37N5O4. The zero-order chi connectivity index (χ0) is 26.3. The fourth-order valence-corrected chi connectivity index (χ4v) is 5.27. The maximum Gasteiger partial charge on any atom is 0.257 e. The molecule has 0 N–H and O–H groups in total. The number of carbonyl (C=O) groups is 2. The minimum Gasteiger partial charge on any atom is -0.485 e. The second-order valence-electron chi connectivity index (χ2n) is 10.3. The summed E-state index contributed by atoms with van der Waals surface area (Å²) in [5.74, 6) is 0.522. The number of aryl methyl sites for hydroxylation is 1. The van der Waals surface area contributed by atoms with E-state index >= 15 is 0 Å². The van der Waals surface area contributed by atoms with Gasteiger partial charge in [-0.3, -0.25) is 9.59 Å². The van der Waals surface area contributed by atoms with Crippen LogP contribution in [0.5, 0.6) is 5.75 Å². The molecule has 0 aliphatic carbocycles. The Morgan fingerprint density at radius 3 is 2.58 bits per heavy atom. The molecule has 0 unspecified atom stereocenters. The summed E-state index contributed by atoms with van der Waals surface area (Å²) in [4.78, 5) is 30.1. The molecule has 2 aromatic carbocycles. The standard InChI is InChI=1S/C29H37N5O4/c1-32-17-10-4-2-3-5-11-19-37-26-20-33(21-27(26)38-25-15-9-6-12-22(25)29(32)36)28(35)16-18-34-24-14-8-7-13-23(24)30-31-34/h6-9,12-15,26-27H,2-5,10-11,16-21H2,1H3/t26-,27-/m1/s1. The summed E-state index contributed by atoms with van der Waals surface area (Å²) in [6.07, 6.45) is 6.25. The van der Waals surface area contributed by atoms with Gasteiger partial charge in [0.2, 0.25) is 5.91 Å². The van der Waals surface area contributed by atoms with Crippen molar-refractivity contribution in [2.45, 2.75) is 63.7 Å². The third-order valence-electron chi connectivity index (χ3n) is 7.49. The van der Waals surface area contributed by atoms with E-state index in [2.05, 4.69) is 10.3 Å². The summed E-state index contributed by atoms with van der Waals surface area (Å²) in [6.45, 7) is 2.71. The number of fused-ring (bicyclic) bond motifs is 3. The first-order valence-electron chi connectivity index (χ1n) is 13.8. The molecule has 2 aliphatic heterocycles. The average molecular weight is 520 g/mol. The van der Waals surface area contributed by atoms with Crippen LogP contribution >= 0.6 is 0 Å². The first-order chi connectivity index (χ1) is 18.6. The summed E-state index contributed by atoms with van der Waals surface area (Å²) in [5, 5.41) is 8.39. The maximum absolute atomic E-state index is 13.2. The van der Waals surface area contributed by atoms with Gasteiger partial charge in [-0.05, 0) is 37.1 Å². The van der Waals surface area contributed by atoms with E-state index in [9.17, 15) is 9.59 Å². The highest BCUT2D eigenvalue weighted by Crippen LogP contribution is 2.26. The van der Waals surface area contributed by atoms with Crippen LogP contribution in [0.1, 0.15) is 55.3 Å². The Bertz CT molecular complexity index is 1240. The van der Waals surface area contributed by atoms with Gasteiger partial charge >= 0.3 is 0 Å². The summed E-state index contributed by atoms with van der Waals surface area (Å²) in [6, 6.07) is 15.1. The van der Waals surface area contributed by atoms with Crippen LogP contribution in [-0.2, 0) is 16.1 Å². The van der Waals surface area contributed by atoms with Gasteiger partial charge in [0, 0.05) is 26.6 Å². The van der Waals surface area contributed by atoms with Gasteiger partial charge in [-0.25, -0.2) is 4.68 Å². The molecule has 1 aromatic heterocycles. The van der Waals surface area contributed by atoms with E-state index in [1.807, 2.05) is 60.5 Å². The number of para-hydroxylation sites is 2. The van der Waals surface area contributed by atoms with Crippen molar-refractivity contribution in [1.82, 2.24) is 24.8 Å². The number of ether oxygens (including phenoxy) is 2. The van der Waals surface area contributed by atoms with Gasteiger partial charge in [-0.15, -0.1) is 5.10 Å². The quantitative estimate of drug-likeness (QED) is 0.521. The monoisotopic (exact) mass is 519 g/mol. The second-order valence-corrected chi connectivity index (χ2v) is 10.3. The number of nitrogens with zero attached hydrogens (tertiary/aromatic N) is 5. The molecule has 3 aromatic rings. The van der Waals surface area contributed by atoms with Crippen LogP contribution in [0.4, 0.5) is 0 Å². The van der Waals surface area contributed by atoms with Crippen molar-refractivity contribution < 1.29 is 19.1 Å². The number of carbonyl (C=O) groups excluding carboxylic acids is 2. The van der Waals surface area contributed by atoms with E-state index in [-0.39, 0.29) is 24.0 Å². The number of hydrogen-bond donors (Lipinski definition) is 0. The van der Waals surface area contributed by atoms with E-state index in [4.69, 9.17) is 9.47 Å². The fourth-order valence-electron chi connectivity index (χ4n) is 5.27. The third-order valence-corrected chi connectivity index (χ3v) is 7.49. The number of hydrogen-bond acceptors (Lipinski definition) is 6. The zero-order valence-electron chi connectivity index (χ0n) is 22.1. The van der Waals surface area contributed by atoms with Gasteiger partial charge < -0.3 is 19.3 Å². The van der Waals surface area contributed by atoms with Crippen LogP contribution in [-0.4, -0.2) is 82.1 Å². The Kier molecular flexibility index (Phi) is 8.53. The summed E-state index contributed by atoms with van der Waals surface area (Å²) in [7, 11) is 1.85. The molecule has 1 fully saturated rings. The van der Waals surface area contributed by atoms with Crippen LogP contribution < -0.4 is 4.74 Å². The fraction of sp³-hybridized carbons (Fsp3) is 0.517. The molecule has 2 amide bonds. The lowest BCUT2D eigenvalue weighted by atomic mass is 10.1. The maximum atomic E-state index is 13.2. The molecule has 2 atom stereocenters. The van der Waals surface area contributed by atoms with Crippen LogP contribution in [0.2, 0.25) is 0 Å². The highest BCUT2D eigenvalue weighted by Gasteiger charge is 2.38. The molecule has 38 heavy (non-hydrogen) atoms. The van der Waals surface area contributed by atoms with Crippen LogP contribution in [0, 0.1) is 0 Å². The van der Waals surface area contributed by atoms with Crippen molar-refractivity contribution in [3.8, 4) is 5.75 Å². The zero-order valence-corrected chi connectivity index (χ0v) is 22.1. The van der Waals surface area contributed by atoms with E-state index in [1.54, 1.807) is 9.58 Å². The molecule has 0 radical (unpaired) electrons. The molecule has 2 aliphatic rings. The second kappa shape index (κ2) is 12.4.